The van der Waals surface area contributed by atoms with Crippen LogP contribution in [0.4, 0.5) is 11.5 Å². The monoisotopic (exact) mass is 347 g/mol. The Balaban J connectivity index is 1.76. The highest BCUT2D eigenvalue weighted by Gasteiger charge is 2.36. The van der Waals surface area contributed by atoms with E-state index in [2.05, 4.69) is 4.98 Å². The van der Waals surface area contributed by atoms with Gasteiger partial charge in [0, 0.05) is 12.1 Å². The van der Waals surface area contributed by atoms with Crippen LogP contribution in [0, 0.1) is 0 Å². The van der Waals surface area contributed by atoms with E-state index in [-0.39, 0.29) is 5.56 Å². The van der Waals surface area contributed by atoms with Crippen LogP contribution in [0.2, 0.25) is 0 Å². The number of hydrogen-bond donors (Lipinski definition) is 1. The minimum atomic E-state index is -0.913. The minimum absolute atomic E-state index is 0.225. The van der Waals surface area contributed by atoms with Crippen molar-refractivity contribution in [1.29, 1.82) is 0 Å². The Bertz CT molecular complexity index is 1010. The summed E-state index contributed by atoms with van der Waals surface area (Å²) in [5, 5.41) is 9.64. The highest BCUT2D eigenvalue weighted by atomic mass is 16.4. The second kappa shape index (κ2) is 6.48. The first-order chi connectivity index (χ1) is 12.6. The van der Waals surface area contributed by atoms with Crippen molar-refractivity contribution in [3.05, 3.63) is 88.5 Å². The molecule has 0 radical (unpaired) electrons. The normalized spacial score (nSPS) is 15.7. The van der Waals surface area contributed by atoms with Gasteiger partial charge in [-0.15, -0.1) is 0 Å². The Labute approximate surface area is 150 Å². The molecule has 1 atom stereocenters. The van der Waals surface area contributed by atoms with Gasteiger partial charge < -0.3 is 14.6 Å². The molecule has 2 aromatic carbocycles. The summed E-state index contributed by atoms with van der Waals surface area (Å²) in [4.78, 5) is 29.9. The Morgan fingerprint density at radius 1 is 1.12 bits per heavy atom. The van der Waals surface area contributed by atoms with Crippen molar-refractivity contribution in [3.63, 3.8) is 0 Å². The predicted octanol–water partition coefficient (Wildman–Crippen LogP) is 2.44. The maximum Gasteiger partial charge on any atom is 0.327 e. The van der Waals surface area contributed by atoms with E-state index < -0.39 is 12.0 Å². The van der Waals surface area contributed by atoms with Crippen molar-refractivity contribution < 1.29 is 9.90 Å². The number of rotatable bonds is 4. The molecule has 4 rings (SSSR count). The lowest BCUT2D eigenvalue weighted by Gasteiger charge is -2.24. The molecule has 1 aromatic heterocycles. The number of aliphatic carboxylic acids is 1. The smallest absolute Gasteiger partial charge is 0.327 e. The maximum atomic E-state index is 12.2. The summed E-state index contributed by atoms with van der Waals surface area (Å²) in [6.07, 6.45) is 3.29. The van der Waals surface area contributed by atoms with Crippen LogP contribution < -0.4 is 10.5 Å². The number of para-hydroxylation sites is 1. The summed E-state index contributed by atoms with van der Waals surface area (Å²) < 4.78 is 1.55. The zero-order valence-electron chi connectivity index (χ0n) is 13.9. The van der Waals surface area contributed by atoms with Crippen molar-refractivity contribution in [2.45, 2.75) is 19.0 Å². The number of hydrogen-bond acceptors (Lipinski definition) is 4. The fraction of sp³-hybridized carbons (Fsp3) is 0.150. The van der Waals surface area contributed by atoms with Crippen LogP contribution in [0.25, 0.3) is 0 Å². The molecule has 1 N–H and O–H groups in total. The molecule has 130 valence electrons. The fourth-order valence-electron chi connectivity index (χ4n) is 3.33. The quantitative estimate of drug-likeness (QED) is 0.784. The molecule has 2 heterocycles. The summed E-state index contributed by atoms with van der Waals surface area (Å²) in [6, 6.07) is 16.5. The van der Waals surface area contributed by atoms with E-state index in [9.17, 15) is 14.7 Å². The predicted molar refractivity (Wildman–Crippen MR) is 97.7 cm³/mol. The summed E-state index contributed by atoms with van der Waals surface area (Å²) in [7, 11) is 0. The van der Waals surface area contributed by atoms with Gasteiger partial charge in [-0.1, -0.05) is 48.5 Å². The van der Waals surface area contributed by atoms with Gasteiger partial charge in [-0.3, -0.25) is 4.79 Å². The molecule has 0 amide bonds. The van der Waals surface area contributed by atoms with Gasteiger partial charge in [0.2, 0.25) is 0 Å². The van der Waals surface area contributed by atoms with Crippen LogP contribution >= 0.6 is 0 Å². The molecule has 0 fully saturated rings. The number of benzene rings is 2. The molecule has 0 aliphatic carbocycles. The van der Waals surface area contributed by atoms with Gasteiger partial charge in [0.25, 0.3) is 5.56 Å². The van der Waals surface area contributed by atoms with E-state index in [1.165, 1.54) is 6.20 Å². The Morgan fingerprint density at radius 2 is 1.85 bits per heavy atom. The van der Waals surface area contributed by atoms with E-state index in [4.69, 9.17) is 0 Å². The Hall–Kier alpha value is -3.41. The number of fused-ring (bicyclic) bond motifs is 1. The lowest BCUT2D eigenvalue weighted by molar-refractivity contribution is -0.138. The summed E-state index contributed by atoms with van der Waals surface area (Å²) in [5.74, 6) is -0.457. The third-order valence-electron chi connectivity index (χ3n) is 4.57. The van der Waals surface area contributed by atoms with Crippen LogP contribution in [-0.2, 0) is 17.8 Å². The number of anilines is 2. The lowest BCUT2D eigenvalue weighted by atomic mass is 10.1. The second-order valence-electron chi connectivity index (χ2n) is 6.25. The number of carboxylic acid groups (broad SMARTS) is 1. The van der Waals surface area contributed by atoms with Gasteiger partial charge in [0.05, 0.1) is 18.9 Å². The van der Waals surface area contributed by atoms with Crippen LogP contribution in [-0.4, -0.2) is 26.7 Å². The van der Waals surface area contributed by atoms with Crippen LogP contribution in [0.15, 0.2) is 71.8 Å². The molecule has 0 spiro atoms. The zero-order chi connectivity index (χ0) is 18.1. The number of carbonyl (C=O) groups is 1. The van der Waals surface area contributed by atoms with Crippen LogP contribution in [0.5, 0.6) is 0 Å². The van der Waals surface area contributed by atoms with E-state index >= 15 is 0 Å². The standard InChI is InChI=1S/C20H17N3O3/c24-19-11-21-18(13-22(19)12-14-6-2-1-3-7-14)23-16-9-5-4-8-15(16)10-17(23)20(25)26/h1-9,11,13,17H,10,12H2,(H,25,26)/t17-/m0/s1. The topological polar surface area (TPSA) is 75.4 Å². The largest absolute Gasteiger partial charge is 0.480 e. The SMILES string of the molecule is O=C(O)[C@@H]1Cc2ccccc2N1c1cn(Cc2ccccc2)c(=O)cn1. The molecular formula is C20H17N3O3. The minimum Gasteiger partial charge on any atom is -0.480 e. The summed E-state index contributed by atoms with van der Waals surface area (Å²) >= 11 is 0. The van der Waals surface area contributed by atoms with Crippen molar-refractivity contribution >= 4 is 17.5 Å². The molecular weight excluding hydrogens is 330 g/mol. The zero-order valence-corrected chi connectivity index (χ0v) is 13.9. The number of nitrogens with zero attached hydrogens (tertiary/aromatic N) is 3. The van der Waals surface area contributed by atoms with E-state index in [1.807, 2.05) is 54.6 Å². The van der Waals surface area contributed by atoms with Crippen molar-refractivity contribution in [2.75, 3.05) is 4.90 Å². The molecule has 0 bridgehead atoms. The van der Waals surface area contributed by atoms with Gasteiger partial charge in [0.1, 0.15) is 6.04 Å². The van der Waals surface area contributed by atoms with Crippen molar-refractivity contribution in [2.24, 2.45) is 0 Å². The molecule has 6 heteroatoms. The summed E-state index contributed by atoms with van der Waals surface area (Å²) in [5.41, 5.74) is 2.54. The summed E-state index contributed by atoms with van der Waals surface area (Å²) in [6.45, 7) is 0.405. The molecule has 1 aliphatic heterocycles. The fourth-order valence-corrected chi connectivity index (χ4v) is 3.33. The molecule has 26 heavy (non-hydrogen) atoms. The molecule has 1 aliphatic rings. The van der Waals surface area contributed by atoms with Crippen molar-refractivity contribution in [3.8, 4) is 0 Å². The molecule has 3 aromatic rings. The third-order valence-corrected chi connectivity index (χ3v) is 4.57. The number of aromatic nitrogens is 2. The van der Waals surface area contributed by atoms with Gasteiger partial charge in [0.15, 0.2) is 5.82 Å². The first kappa shape index (κ1) is 16.1. The maximum absolute atomic E-state index is 12.2. The Morgan fingerprint density at radius 3 is 2.62 bits per heavy atom. The van der Waals surface area contributed by atoms with Gasteiger partial charge in [-0.25, -0.2) is 9.78 Å². The van der Waals surface area contributed by atoms with Gasteiger partial charge in [-0.05, 0) is 17.2 Å². The highest BCUT2D eigenvalue weighted by Crippen LogP contribution is 2.37. The average molecular weight is 347 g/mol. The van der Waals surface area contributed by atoms with Crippen LogP contribution in [0.3, 0.4) is 0 Å². The van der Waals surface area contributed by atoms with E-state index in [1.54, 1.807) is 15.7 Å². The first-order valence-electron chi connectivity index (χ1n) is 8.34. The van der Waals surface area contributed by atoms with Gasteiger partial charge in [-0.2, -0.15) is 0 Å². The average Bonchev–Trinajstić information content (AvgIpc) is 3.04. The van der Waals surface area contributed by atoms with Crippen molar-refractivity contribution in [1.82, 2.24) is 9.55 Å². The third kappa shape index (κ3) is 2.86. The molecule has 0 saturated heterocycles. The molecule has 6 nitrogen and oxygen atoms in total. The first-order valence-corrected chi connectivity index (χ1v) is 8.34. The van der Waals surface area contributed by atoms with Gasteiger partial charge >= 0.3 is 5.97 Å². The lowest BCUT2D eigenvalue weighted by Crippen LogP contribution is -2.36. The molecule has 0 saturated carbocycles. The second-order valence-corrected chi connectivity index (χ2v) is 6.25. The van der Waals surface area contributed by atoms with E-state index in [0.29, 0.717) is 18.8 Å². The number of carboxylic acids is 1. The van der Waals surface area contributed by atoms with E-state index in [0.717, 1.165) is 16.8 Å². The Kier molecular flexibility index (Phi) is 4.01. The highest BCUT2D eigenvalue weighted by molar-refractivity contribution is 5.86. The molecule has 0 unspecified atom stereocenters. The van der Waals surface area contributed by atoms with Crippen LogP contribution in [0.1, 0.15) is 11.1 Å².